The summed E-state index contributed by atoms with van der Waals surface area (Å²) in [5, 5.41) is 2.70. The van der Waals surface area contributed by atoms with Crippen LogP contribution in [0.2, 0.25) is 0 Å². The highest BCUT2D eigenvalue weighted by atomic mass is 19.4. The maximum atomic E-state index is 13.5. The third-order valence-electron chi connectivity index (χ3n) is 5.72. The molecular weight excluding hydrogens is 481 g/mol. The molecule has 0 aliphatic carbocycles. The lowest BCUT2D eigenvalue weighted by Gasteiger charge is -2.15. The maximum absolute atomic E-state index is 13.5. The molecule has 0 saturated heterocycles. The predicted molar refractivity (Wildman–Crippen MR) is 131 cm³/mol. The molecule has 0 unspecified atom stereocenters. The lowest BCUT2D eigenvalue weighted by atomic mass is 10.0. The van der Waals surface area contributed by atoms with Gasteiger partial charge in [-0.3, -0.25) is 14.2 Å². The highest BCUT2D eigenvalue weighted by Crippen LogP contribution is 2.34. The van der Waals surface area contributed by atoms with Gasteiger partial charge in [0, 0.05) is 48.1 Å². The van der Waals surface area contributed by atoms with Crippen molar-refractivity contribution in [2.75, 3.05) is 5.32 Å². The summed E-state index contributed by atoms with van der Waals surface area (Å²) < 4.78 is 44.0. The fraction of sp³-hybridized carbons (Fsp3) is 0.111. The summed E-state index contributed by atoms with van der Waals surface area (Å²) in [6, 6.07) is 8.61. The number of fused-ring (bicyclic) bond motifs is 1. The number of nitrogens with zero attached hydrogens (tertiary/aromatic N) is 5. The van der Waals surface area contributed by atoms with Crippen LogP contribution in [0.4, 0.5) is 18.9 Å². The summed E-state index contributed by atoms with van der Waals surface area (Å²) in [6.07, 6.45) is 6.63. The lowest BCUT2D eigenvalue weighted by molar-refractivity contribution is -0.138. The van der Waals surface area contributed by atoms with E-state index in [0.717, 1.165) is 11.6 Å². The second kappa shape index (κ2) is 9.62. The van der Waals surface area contributed by atoms with Gasteiger partial charge in [-0.2, -0.15) is 13.2 Å². The van der Waals surface area contributed by atoms with Crippen molar-refractivity contribution < 1.29 is 18.0 Å². The van der Waals surface area contributed by atoms with Gasteiger partial charge in [0.25, 0.3) is 5.91 Å². The molecule has 0 atom stereocenters. The minimum absolute atomic E-state index is 0.0157. The first-order valence-corrected chi connectivity index (χ1v) is 11.1. The number of imidazole rings is 2. The van der Waals surface area contributed by atoms with Gasteiger partial charge >= 0.3 is 6.18 Å². The molecule has 0 bridgehead atoms. The Bertz CT molecular complexity index is 1660. The molecule has 184 valence electrons. The standard InChI is InChI=1S/C27H19F3N6O/c1-18-2-3-20(12-19(18)4-6-23-14-33-25-15-31-9-11-36(23)25)26(37)34-22-5-7-24(27(28,29)30)21(13-22)16-35-10-8-32-17-35/h2-3,5,7-15,17H,16H2,1H3,(H,34,37). The molecule has 0 saturated carbocycles. The van der Waals surface area contributed by atoms with Crippen molar-refractivity contribution in [1.29, 1.82) is 0 Å². The Balaban J connectivity index is 1.40. The van der Waals surface area contributed by atoms with Gasteiger partial charge in [0.1, 0.15) is 5.69 Å². The molecule has 3 heterocycles. The molecule has 1 N–H and O–H groups in total. The number of alkyl halides is 3. The number of carbonyl (C=O) groups excluding carboxylic acids is 1. The number of amides is 1. The second-order valence-corrected chi connectivity index (χ2v) is 8.29. The molecule has 0 fully saturated rings. The van der Waals surface area contributed by atoms with Gasteiger partial charge in [-0.05, 0) is 54.3 Å². The minimum atomic E-state index is -4.53. The van der Waals surface area contributed by atoms with Gasteiger partial charge in [0.15, 0.2) is 5.65 Å². The molecule has 3 aromatic heterocycles. The molecule has 2 aromatic carbocycles. The van der Waals surface area contributed by atoms with Crippen LogP contribution < -0.4 is 5.32 Å². The number of halogens is 3. The van der Waals surface area contributed by atoms with Crippen molar-refractivity contribution in [2.24, 2.45) is 0 Å². The van der Waals surface area contributed by atoms with Crippen molar-refractivity contribution >= 4 is 17.2 Å². The first-order chi connectivity index (χ1) is 17.8. The van der Waals surface area contributed by atoms with Gasteiger partial charge in [-0.25, -0.2) is 9.97 Å². The average Bonchev–Trinajstić information content (AvgIpc) is 3.53. The van der Waals surface area contributed by atoms with E-state index in [9.17, 15) is 18.0 Å². The molecule has 10 heteroatoms. The molecule has 1 amide bonds. The SMILES string of the molecule is Cc1ccc(C(=O)Nc2ccc(C(F)(F)F)c(Cn3ccnc3)c2)cc1C#Cc1cnc2cnccn12. The van der Waals surface area contributed by atoms with E-state index >= 15 is 0 Å². The monoisotopic (exact) mass is 500 g/mol. The summed E-state index contributed by atoms with van der Waals surface area (Å²) in [7, 11) is 0. The number of rotatable bonds is 4. The zero-order chi connectivity index (χ0) is 26.0. The number of aromatic nitrogens is 5. The molecule has 0 aliphatic rings. The quantitative estimate of drug-likeness (QED) is 0.354. The highest BCUT2D eigenvalue weighted by Gasteiger charge is 2.33. The number of hydrogen-bond acceptors (Lipinski definition) is 4. The molecule has 0 radical (unpaired) electrons. The van der Waals surface area contributed by atoms with Crippen molar-refractivity contribution in [3.8, 4) is 11.8 Å². The van der Waals surface area contributed by atoms with Crippen molar-refractivity contribution in [3.05, 3.63) is 113 Å². The van der Waals surface area contributed by atoms with Crippen LogP contribution in [-0.2, 0) is 12.7 Å². The molecule has 37 heavy (non-hydrogen) atoms. The zero-order valence-electron chi connectivity index (χ0n) is 19.5. The van der Waals surface area contributed by atoms with Gasteiger partial charge in [0.2, 0.25) is 0 Å². The van der Waals surface area contributed by atoms with Crippen LogP contribution in [0.15, 0.2) is 79.9 Å². The maximum Gasteiger partial charge on any atom is 0.416 e. The van der Waals surface area contributed by atoms with Crippen molar-refractivity contribution in [1.82, 2.24) is 23.9 Å². The van der Waals surface area contributed by atoms with Crippen molar-refractivity contribution in [2.45, 2.75) is 19.6 Å². The van der Waals surface area contributed by atoms with E-state index in [1.54, 1.807) is 53.6 Å². The van der Waals surface area contributed by atoms with E-state index in [1.165, 1.54) is 29.2 Å². The third-order valence-corrected chi connectivity index (χ3v) is 5.72. The van der Waals surface area contributed by atoms with Crippen LogP contribution >= 0.6 is 0 Å². The number of nitrogens with one attached hydrogen (secondary N) is 1. The fourth-order valence-corrected chi connectivity index (χ4v) is 3.82. The molecule has 5 rings (SSSR count). The average molecular weight is 500 g/mol. The Morgan fingerprint density at radius 1 is 1.03 bits per heavy atom. The van der Waals surface area contributed by atoms with Crippen molar-refractivity contribution in [3.63, 3.8) is 0 Å². The van der Waals surface area contributed by atoms with Crippen LogP contribution in [0.1, 0.15) is 38.3 Å². The first-order valence-electron chi connectivity index (χ1n) is 11.1. The minimum Gasteiger partial charge on any atom is -0.333 e. The summed E-state index contributed by atoms with van der Waals surface area (Å²) >= 11 is 0. The largest absolute Gasteiger partial charge is 0.416 e. The van der Waals surface area contributed by atoms with Crippen LogP contribution in [0, 0.1) is 18.8 Å². The third kappa shape index (κ3) is 5.21. The molecular formula is C27H19F3N6O. The van der Waals surface area contributed by atoms with E-state index in [-0.39, 0.29) is 17.8 Å². The Kier molecular flexibility index (Phi) is 6.19. The Morgan fingerprint density at radius 2 is 1.86 bits per heavy atom. The summed E-state index contributed by atoms with van der Waals surface area (Å²) in [6.45, 7) is 1.84. The van der Waals surface area contributed by atoms with Crippen LogP contribution in [0.25, 0.3) is 5.65 Å². The Labute approximate surface area is 209 Å². The normalized spacial score (nSPS) is 11.2. The van der Waals surface area contributed by atoms with Gasteiger partial charge in [-0.1, -0.05) is 12.0 Å². The Morgan fingerprint density at radius 3 is 2.65 bits per heavy atom. The molecule has 7 nitrogen and oxygen atoms in total. The van der Waals surface area contributed by atoms with E-state index in [0.29, 0.717) is 22.5 Å². The predicted octanol–water partition coefficient (Wildman–Crippen LogP) is 4.95. The van der Waals surface area contributed by atoms with Crippen LogP contribution in [-0.4, -0.2) is 29.8 Å². The van der Waals surface area contributed by atoms with Gasteiger partial charge in [-0.15, -0.1) is 0 Å². The summed E-state index contributed by atoms with van der Waals surface area (Å²) in [4.78, 5) is 25.1. The highest BCUT2D eigenvalue weighted by molar-refractivity contribution is 6.04. The molecule has 0 aliphatic heterocycles. The van der Waals surface area contributed by atoms with Gasteiger partial charge in [0.05, 0.1) is 24.3 Å². The topological polar surface area (TPSA) is 77.1 Å². The first kappa shape index (κ1) is 23.8. The number of aryl methyl sites for hydroxylation is 1. The number of hydrogen-bond donors (Lipinski definition) is 1. The molecule has 5 aromatic rings. The zero-order valence-corrected chi connectivity index (χ0v) is 19.5. The van der Waals surface area contributed by atoms with Crippen LogP contribution in [0.5, 0.6) is 0 Å². The number of benzene rings is 2. The second-order valence-electron chi connectivity index (χ2n) is 8.29. The number of anilines is 1. The van der Waals surface area contributed by atoms with E-state index in [1.807, 2.05) is 6.92 Å². The summed E-state index contributed by atoms with van der Waals surface area (Å²) in [5.41, 5.74) is 2.68. The lowest BCUT2D eigenvalue weighted by Crippen LogP contribution is -2.15. The smallest absolute Gasteiger partial charge is 0.333 e. The fourth-order valence-electron chi connectivity index (χ4n) is 3.82. The van der Waals surface area contributed by atoms with E-state index in [4.69, 9.17) is 0 Å². The van der Waals surface area contributed by atoms with Gasteiger partial charge < -0.3 is 9.88 Å². The Hall–Kier alpha value is -4.91. The van der Waals surface area contributed by atoms with Crippen LogP contribution in [0.3, 0.4) is 0 Å². The van der Waals surface area contributed by atoms with E-state index in [2.05, 4.69) is 32.1 Å². The molecule has 0 spiro atoms. The summed E-state index contributed by atoms with van der Waals surface area (Å²) in [5.74, 6) is 5.69. The number of carbonyl (C=O) groups is 1. The van der Waals surface area contributed by atoms with E-state index < -0.39 is 17.6 Å².